The van der Waals surface area contributed by atoms with Gasteiger partial charge in [0.15, 0.2) is 0 Å². The minimum absolute atomic E-state index is 0.167. The summed E-state index contributed by atoms with van der Waals surface area (Å²) < 4.78 is 34.7. The maximum Gasteiger partial charge on any atom is 0.365 e. The lowest BCUT2D eigenvalue weighted by atomic mass is 9.96. The second-order valence-corrected chi connectivity index (χ2v) is 8.24. The number of allylic oxidation sites excluding steroid dienone is 1. The van der Waals surface area contributed by atoms with E-state index in [9.17, 15) is 13.6 Å². The van der Waals surface area contributed by atoms with Crippen LogP contribution in [0.25, 0.3) is 0 Å². The van der Waals surface area contributed by atoms with Gasteiger partial charge in [-0.1, -0.05) is 42.5 Å². The third-order valence-corrected chi connectivity index (χ3v) is 5.96. The van der Waals surface area contributed by atoms with Crippen molar-refractivity contribution >= 4 is 11.9 Å². The van der Waals surface area contributed by atoms with Gasteiger partial charge in [0.25, 0.3) is 0 Å². The summed E-state index contributed by atoms with van der Waals surface area (Å²) in [4.78, 5) is 17.8. The Hall–Kier alpha value is -3.30. The Morgan fingerprint density at radius 2 is 2.06 bits per heavy atom. The van der Waals surface area contributed by atoms with Crippen LogP contribution in [0.5, 0.6) is 0 Å². The topological polar surface area (TPSA) is 75.2 Å². The van der Waals surface area contributed by atoms with Crippen LogP contribution in [0.1, 0.15) is 43.2 Å². The smallest absolute Gasteiger partial charge is 0.365 e. The molecule has 0 spiro atoms. The fourth-order valence-corrected chi connectivity index (χ4v) is 4.30. The van der Waals surface area contributed by atoms with Gasteiger partial charge < -0.3 is 10.1 Å². The molecule has 2 atom stereocenters. The zero-order valence-electron chi connectivity index (χ0n) is 19.0. The van der Waals surface area contributed by atoms with Crippen molar-refractivity contribution in [2.75, 3.05) is 13.7 Å². The minimum atomic E-state index is -1.37. The van der Waals surface area contributed by atoms with Crippen LogP contribution in [0.15, 0.2) is 65.8 Å². The molecule has 0 saturated carbocycles. The van der Waals surface area contributed by atoms with Crippen LogP contribution in [0.2, 0.25) is 0 Å². The molecule has 7 nitrogen and oxygen atoms in total. The quantitative estimate of drug-likeness (QED) is 0.337. The van der Waals surface area contributed by atoms with E-state index in [1.165, 1.54) is 7.11 Å². The number of hydrogen-bond acceptors (Lipinski definition) is 5. The van der Waals surface area contributed by atoms with Gasteiger partial charge in [0.05, 0.1) is 12.7 Å². The predicted octanol–water partition coefficient (Wildman–Crippen LogP) is 4.56. The number of nitrogens with one attached hydrogen (secondary N) is 2. The summed E-state index contributed by atoms with van der Waals surface area (Å²) in [5, 5.41) is 8.93. The van der Waals surface area contributed by atoms with Gasteiger partial charge in [0.1, 0.15) is 11.6 Å². The van der Waals surface area contributed by atoms with Gasteiger partial charge in [-0.2, -0.15) is 5.01 Å². The fraction of sp³-hybridized carbons (Fsp3) is 0.360. The number of nitrogens with zero attached hydrogens (tertiary/aromatic N) is 2. The Balaban J connectivity index is 1.64. The van der Waals surface area contributed by atoms with Crippen LogP contribution in [0.3, 0.4) is 0 Å². The molecule has 2 amide bonds. The van der Waals surface area contributed by atoms with Gasteiger partial charge >= 0.3 is 6.03 Å². The van der Waals surface area contributed by atoms with E-state index in [0.29, 0.717) is 31.0 Å². The molecule has 1 aliphatic carbocycles. The highest BCUT2D eigenvalue weighted by atomic mass is 19.1. The van der Waals surface area contributed by atoms with Crippen molar-refractivity contribution in [3.63, 3.8) is 0 Å². The average molecular weight is 471 g/mol. The van der Waals surface area contributed by atoms with E-state index in [1.54, 1.807) is 0 Å². The lowest BCUT2D eigenvalue weighted by Gasteiger charge is -2.35. The zero-order valence-corrected chi connectivity index (χ0v) is 19.0. The molecule has 1 aliphatic heterocycles. The molecule has 2 aromatic rings. The lowest BCUT2D eigenvalue weighted by Crippen LogP contribution is -2.49. The van der Waals surface area contributed by atoms with E-state index in [4.69, 9.17) is 9.57 Å². The molecule has 0 saturated heterocycles. The largest absolute Gasteiger partial charge is 0.443 e. The summed E-state index contributed by atoms with van der Waals surface area (Å²) in [5.74, 6) is -1.53. The first-order valence-corrected chi connectivity index (χ1v) is 11.3. The molecule has 4 rings (SSSR count). The van der Waals surface area contributed by atoms with E-state index in [1.807, 2.05) is 30.3 Å². The number of benzene rings is 2. The first-order chi connectivity index (χ1) is 16.5. The second-order valence-electron chi connectivity index (χ2n) is 8.24. The molecule has 2 unspecified atom stereocenters. The molecule has 2 N–H and O–H groups in total. The molecule has 9 heteroatoms. The van der Waals surface area contributed by atoms with Crippen molar-refractivity contribution in [1.29, 1.82) is 0 Å². The van der Waals surface area contributed by atoms with Crippen molar-refractivity contribution in [1.82, 2.24) is 15.8 Å². The summed E-state index contributed by atoms with van der Waals surface area (Å²) >= 11 is 0. The number of amides is 2. The van der Waals surface area contributed by atoms with Crippen LogP contribution in [-0.2, 0) is 15.3 Å². The Bertz CT molecular complexity index is 1060. The monoisotopic (exact) mass is 470 g/mol. The second kappa shape index (κ2) is 10.8. The van der Waals surface area contributed by atoms with Gasteiger partial charge in [-0.25, -0.2) is 19.1 Å². The summed E-state index contributed by atoms with van der Waals surface area (Å²) in [6.07, 6.45) is 8.47. The number of carbonyl (C=O) groups excluding carboxylic acids is 1. The molecule has 34 heavy (non-hydrogen) atoms. The third kappa shape index (κ3) is 5.10. The number of halogens is 2. The summed E-state index contributed by atoms with van der Waals surface area (Å²) in [6.45, 7) is 0.694. The highest BCUT2D eigenvalue weighted by Crippen LogP contribution is 2.41. The van der Waals surface area contributed by atoms with Crippen molar-refractivity contribution in [2.24, 2.45) is 5.10 Å². The SMILES string of the molecule is CONC(=O)N1N=C(c2cc(F)ccc2F)OC1(CCCNC1CC=CCC1)c1ccccc1. The maximum atomic E-state index is 14.6. The Morgan fingerprint density at radius 1 is 1.24 bits per heavy atom. The molecule has 2 aromatic carbocycles. The number of carbonyl (C=O) groups is 1. The van der Waals surface area contributed by atoms with Gasteiger partial charge in [-0.15, -0.1) is 5.10 Å². The van der Waals surface area contributed by atoms with Crippen molar-refractivity contribution in [2.45, 2.75) is 43.9 Å². The summed E-state index contributed by atoms with van der Waals surface area (Å²) in [7, 11) is 1.30. The molecule has 0 fully saturated rings. The zero-order chi connectivity index (χ0) is 24.0. The van der Waals surface area contributed by atoms with Crippen LogP contribution in [0.4, 0.5) is 13.6 Å². The number of hydroxylamine groups is 1. The molecule has 0 bridgehead atoms. The van der Waals surface area contributed by atoms with Crippen molar-refractivity contribution in [3.05, 3.63) is 83.4 Å². The van der Waals surface area contributed by atoms with Gasteiger partial charge in [0, 0.05) is 18.0 Å². The first-order valence-electron chi connectivity index (χ1n) is 11.3. The number of rotatable bonds is 8. The molecule has 2 aliphatic rings. The minimum Gasteiger partial charge on any atom is -0.443 e. The predicted molar refractivity (Wildman–Crippen MR) is 123 cm³/mol. The molecule has 0 radical (unpaired) electrons. The van der Waals surface area contributed by atoms with Gasteiger partial charge in [-0.3, -0.25) is 4.84 Å². The Labute approximate surface area is 197 Å². The van der Waals surface area contributed by atoms with Crippen LogP contribution in [-0.4, -0.2) is 36.6 Å². The van der Waals surface area contributed by atoms with E-state index in [0.717, 1.165) is 42.5 Å². The van der Waals surface area contributed by atoms with E-state index in [2.05, 4.69) is 28.1 Å². The molecular formula is C25H28F2N4O3. The highest BCUT2D eigenvalue weighted by Gasteiger charge is 2.50. The van der Waals surface area contributed by atoms with Crippen molar-refractivity contribution in [3.8, 4) is 0 Å². The standard InChI is InChI=1S/C25H28F2N4O3/c1-33-30-24(32)31-25(18-9-4-2-5-10-18,15-8-16-28-20-11-6-3-7-12-20)34-23(29-31)21-17-19(26)13-14-22(21)27/h2-6,9-10,13-14,17,20,28H,7-8,11-12,15-16H2,1H3,(H,30,32). The number of hydrazone groups is 1. The van der Waals surface area contributed by atoms with Crippen LogP contribution < -0.4 is 10.8 Å². The van der Waals surface area contributed by atoms with E-state index < -0.39 is 23.4 Å². The lowest BCUT2D eigenvalue weighted by molar-refractivity contribution is -0.0610. The highest BCUT2D eigenvalue weighted by molar-refractivity contribution is 5.97. The molecule has 1 heterocycles. The molecule has 180 valence electrons. The molecule has 0 aromatic heterocycles. The van der Waals surface area contributed by atoms with Crippen molar-refractivity contribution < 1.29 is 23.1 Å². The van der Waals surface area contributed by atoms with Crippen LogP contribution >= 0.6 is 0 Å². The van der Waals surface area contributed by atoms with E-state index in [-0.39, 0.29) is 11.5 Å². The Kier molecular flexibility index (Phi) is 7.54. The fourth-order valence-electron chi connectivity index (χ4n) is 4.30. The normalized spacial score (nSPS) is 21.8. The average Bonchev–Trinajstić information content (AvgIpc) is 3.25. The Morgan fingerprint density at radius 3 is 2.79 bits per heavy atom. The number of urea groups is 1. The van der Waals surface area contributed by atoms with Crippen LogP contribution in [0, 0.1) is 11.6 Å². The third-order valence-electron chi connectivity index (χ3n) is 5.96. The molecular weight excluding hydrogens is 442 g/mol. The summed E-state index contributed by atoms with van der Waals surface area (Å²) in [5.41, 5.74) is 1.38. The maximum absolute atomic E-state index is 14.6. The number of hydrogen-bond donors (Lipinski definition) is 2. The first kappa shape index (κ1) is 23.8. The van der Waals surface area contributed by atoms with Gasteiger partial charge in [-0.05, 0) is 50.4 Å². The van der Waals surface area contributed by atoms with E-state index >= 15 is 0 Å². The number of ether oxygens (including phenoxy) is 1. The van der Waals surface area contributed by atoms with Gasteiger partial charge in [0.2, 0.25) is 11.6 Å². The summed E-state index contributed by atoms with van der Waals surface area (Å²) in [6, 6.07) is 11.8.